The normalized spacial score (nSPS) is 19.5. The van der Waals surface area contributed by atoms with Gasteiger partial charge in [-0.25, -0.2) is 0 Å². The van der Waals surface area contributed by atoms with E-state index in [1.165, 1.54) is 18.9 Å². The Kier molecular flexibility index (Phi) is 4.28. The first kappa shape index (κ1) is 14.8. The molecule has 5 heteroatoms. The number of hydrogen-bond acceptors (Lipinski definition) is 4. The van der Waals surface area contributed by atoms with Crippen molar-refractivity contribution in [1.82, 2.24) is 4.90 Å². The average Bonchev–Trinajstić information content (AvgIpc) is 2.53. The highest BCUT2D eigenvalue weighted by atomic mass is 16.6. The molecule has 0 atom stereocenters. The van der Waals surface area contributed by atoms with Gasteiger partial charge in [0.05, 0.1) is 4.92 Å². The number of rotatable bonds is 3. The standard InChI is InChI=1S/C15H23N3O2/c1-15(2)7-4-9-17(10-8-15)11-12-5-3-6-13(14(12)16)18(19)20/h3,5-6H,4,7-11,16H2,1-2H3. The molecule has 0 bridgehead atoms. The Bertz CT molecular complexity index is 500. The van der Waals surface area contributed by atoms with Gasteiger partial charge >= 0.3 is 0 Å². The molecule has 1 saturated heterocycles. The van der Waals surface area contributed by atoms with Crippen molar-refractivity contribution < 1.29 is 4.92 Å². The molecule has 1 fully saturated rings. The molecule has 5 nitrogen and oxygen atoms in total. The quantitative estimate of drug-likeness (QED) is 0.523. The van der Waals surface area contributed by atoms with E-state index < -0.39 is 4.92 Å². The zero-order valence-electron chi connectivity index (χ0n) is 12.3. The Morgan fingerprint density at radius 1 is 1.35 bits per heavy atom. The lowest BCUT2D eigenvalue weighted by Gasteiger charge is -2.23. The van der Waals surface area contributed by atoms with Crippen molar-refractivity contribution in [3.8, 4) is 0 Å². The minimum absolute atomic E-state index is 0.0117. The van der Waals surface area contributed by atoms with Crippen molar-refractivity contribution in [1.29, 1.82) is 0 Å². The summed E-state index contributed by atoms with van der Waals surface area (Å²) in [6.07, 6.45) is 3.55. The van der Waals surface area contributed by atoms with Crippen LogP contribution in [0.25, 0.3) is 0 Å². The van der Waals surface area contributed by atoms with Gasteiger partial charge in [0.1, 0.15) is 5.69 Å². The molecule has 0 saturated carbocycles. The second-order valence-electron chi connectivity index (χ2n) is 6.40. The van der Waals surface area contributed by atoms with Crippen LogP contribution < -0.4 is 5.73 Å². The molecule has 20 heavy (non-hydrogen) atoms. The molecule has 1 heterocycles. The highest BCUT2D eigenvalue weighted by Gasteiger charge is 2.24. The molecule has 1 aliphatic heterocycles. The maximum absolute atomic E-state index is 10.9. The fourth-order valence-corrected chi connectivity index (χ4v) is 2.77. The van der Waals surface area contributed by atoms with Crippen LogP contribution >= 0.6 is 0 Å². The summed E-state index contributed by atoms with van der Waals surface area (Å²) >= 11 is 0. The summed E-state index contributed by atoms with van der Waals surface area (Å²) in [4.78, 5) is 12.9. The molecule has 0 amide bonds. The topological polar surface area (TPSA) is 72.4 Å². The number of nitrogen functional groups attached to an aromatic ring is 1. The smallest absolute Gasteiger partial charge is 0.292 e. The van der Waals surface area contributed by atoms with Crippen LogP contribution in [0.15, 0.2) is 18.2 Å². The zero-order valence-corrected chi connectivity index (χ0v) is 12.3. The van der Waals surface area contributed by atoms with Gasteiger partial charge in [0.15, 0.2) is 0 Å². The first-order valence-electron chi connectivity index (χ1n) is 7.13. The summed E-state index contributed by atoms with van der Waals surface area (Å²) in [7, 11) is 0. The van der Waals surface area contributed by atoms with E-state index in [4.69, 9.17) is 5.73 Å². The number of benzene rings is 1. The van der Waals surface area contributed by atoms with Crippen LogP contribution in [0.4, 0.5) is 11.4 Å². The van der Waals surface area contributed by atoms with Gasteiger partial charge in [-0.15, -0.1) is 0 Å². The maximum atomic E-state index is 10.9. The molecule has 0 unspecified atom stereocenters. The lowest BCUT2D eigenvalue weighted by atomic mass is 9.85. The van der Waals surface area contributed by atoms with Gasteiger partial charge in [0.2, 0.25) is 0 Å². The Hall–Kier alpha value is -1.62. The molecule has 0 spiro atoms. The van der Waals surface area contributed by atoms with Crippen molar-refractivity contribution in [3.05, 3.63) is 33.9 Å². The highest BCUT2D eigenvalue weighted by molar-refractivity contribution is 5.62. The van der Waals surface area contributed by atoms with Gasteiger partial charge in [-0.3, -0.25) is 15.0 Å². The van der Waals surface area contributed by atoms with E-state index in [9.17, 15) is 10.1 Å². The van der Waals surface area contributed by atoms with Crippen LogP contribution in [0, 0.1) is 15.5 Å². The number of likely N-dealkylation sites (tertiary alicyclic amines) is 1. The van der Waals surface area contributed by atoms with E-state index in [-0.39, 0.29) is 5.69 Å². The average molecular weight is 277 g/mol. The number of nitro benzene ring substituents is 1. The highest BCUT2D eigenvalue weighted by Crippen LogP contribution is 2.31. The predicted molar refractivity (Wildman–Crippen MR) is 80.4 cm³/mol. The lowest BCUT2D eigenvalue weighted by molar-refractivity contribution is -0.384. The van der Waals surface area contributed by atoms with Gasteiger partial charge in [-0.1, -0.05) is 26.0 Å². The van der Waals surface area contributed by atoms with Crippen LogP contribution in [0.3, 0.4) is 0 Å². The van der Waals surface area contributed by atoms with Crippen molar-refractivity contribution >= 4 is 11.4 Å². The Morgan fingerprint density at radius 2 is 2.10 bits per heavy atom. The minimum Gasteiger partial charge on any atom is -0.393 e. The largest absolute Gasteiger partial charge is 0.393 e. The van der Waals surface area contributed by atoms with Crippen LogP contribution in [-0.2, 0) is 6.54 Å². The molecule has 2 rings (SSSR count). The van der Waals surface area contributed by atoms with Gasteiger partial charge in [0, 0.05) is 12.6 Å². The minimum atomic E-state index is -0.412. The van der Waals surface area contributed by atoms with Crippen LogP contribution in [0.1, 0.15) is 38.7 Å². The second-order valence-corrected chi connectivity index (χ2v) is 6.40. The van der Waals surface area contributed by atoms with Crippen LogP contribution in [0.5, 0.6) is 0 Å². The number of hydrogen-bond donors (Lipinski definition) is 1. The monoisotopic (exact) mass is 277 g/mol. The summed E-state index contributed by atoms with van der Waals surface area (Å²) in [6.45, 7) is 7.36. The third kappa shape index (κ3) is 3.48. The summed E-state index contributed by atoms with van der Waals surface area (Å²) in [5, 5.41) is 10.9. The third-order valence-corrected chi connectivity index (χ3v) is 4.20. The fraction of sp³-hybridized carbons (Fsp3) is 0.600. The SMILES string of the molecule is CC1(C)CCCN(Cc2cccc([N+](=O)[O-])c2N)CC1. The van der Waals surface area contributed by atoms with Crippen molar-refractivity contribution in [2.75, 3.05) is 18.8 Å². The number of para-hydroxylation sites is 1. The number of anilines is 1. The Balaban J connectivity index is 2.10. The summed E-state index contributed by atoms with van der Waals surface area (Å²) in [5.74, 6) is 0. The van der Waals surface area contributed by atoms with Crippen molar-refractivity contribution in [3.63, 3.8) is 0 Å². The second kappa shape index (κ2) is 5.79. The van der Waals surface area contributed by atoms with Gasteiger partial charge in [0.25, 0.3) is 5.69 Å². The van der Waals surface area contributed by atoms with E-state index >= 15 is 0 Å². The van der Waals surface area contributed by atoms with E-state index in [1.54, 1.807) is 6.07 Å². The fourth-order valence-electron chi connectivity index (χ4n) is 2.77. The van der Waals surface area contributed by atoms with Crippen LogP contribution in [-0.4, -0.2) is 22.9 Å². The third-order valence-electron chi connectivity index (χ3n) is 4.20. The van der Waals surface area contributed by atoms with E-state index in [0.717, 1.165) is 25.1 Å². The maximum Gasteiger partial charge on any atom is 0.292 e. The van der Waals surface area contributed by atoms with Gasteiger partial charge in [-0.05, 0) is 43.3 Å². The predicted octanol–water partition coefficient (Wildman–Crippen LogP) is 3.19. The molecule has 110 valence electrons. The Labute approximate surface area is 119 Å². The van der Waals surface area contributed by atoms with Crippen LogP contribution in [0.2, 0.25) is 0 Å². The molecule has 2 N–H and O–H groups in total. The number of nitro groups is 1. The van der Waals surface area contributed by atoms with E-state index in [1.807, 2.05) is 6.07 Å². The number of nitrogens with two attached hydrogens (primary N) is 1. The summed E-state index contributed by atoms with van der Waals surface area (Å²) in [5.41, 5.74) is 7.50. The molecule has 1 aromatic rings. The Morgan fingerprint density at radius 3 is 2.80 bits per heavy atom. The summed E-state index contributed by atoms with van der Waals surface area (Å²) in [6, 6.07) is 5.06. The summed E-state index contributed by atoms with van der Waals surface area (Å²) < 4.78 is 0. The van der Waals surface area contributed by atoms with E-state index in [0.29, 0.717) is 17.6 Å². The van der Waals surface area contributed by atoms with Crippen molar-refractivity contribution in [2.45, 2.75) is 39.7 Å². The molecule has 0 aromatic heterocycles. The zero-order chi connectivity index (χ0) is 14.8. The number of nitrogens with zero attached hydrogens (tertiary/aromatic N) is 2. The molecular formula is C15H23N3O2. The lowest BCUT2D eigenvalue weighted by Crippen LogP contribution is -2.25. The van der Waals surface area contributed by atoms with Crippen molar-refractivity contribution in [2.24, 2.45) is 5.41 Å². The molecule has 1 aliphatic rings. The molecule has 0 aliphatic carbocycles. The van der Waals surface area contributed by atoms with Gasteiger partial charge < -0.3 is 5.73 Å². The van der Waals surface area contributed by atoms with Gasteiger partial charge in [-0.2, -0.15) is 0 Å². The van der Waals surface area contributed by atoms with E-state index in [2.05, 4.69) is 18.7 Å². The molecular weight excluding hydrogens is 254 g/mol. The molecule has 1 aromatic carbocycles. The first-order valence-corrected chi connectivity index (χ1v) is 7.13. The molecule has 0 radical (unpaired) electrons. The first-order chi connectivity index (χ1) is 9.39.